The highest BCUT2D eigenvalue weighted by atomic mass is 127. The number of carbonyl (C=O) groups is 1. The monoisotopic (exact) mass is 540 g/mol. The Morgan fingerprint density at radius 3 is 2.42 bits per heavy atom. The van der Waals surface area contributed by atoms with Crippen LogP contribution in [-0.2, 0) is 16.0 Å². The maximum atomic E-state index is 11.2. The summed E-state index contributed by atoms with van der Waals surface area (Å²) in [5.41, 5.74) is 2.92. The first-order valence-corrected chi connectivity index (χ1v) is 10.2. The van der Waals surface area contributed by atoms with Gasteiger partial charge >= 0.3 is 6.09 Å². The highest BCUT2D eigenvalue weighted by molar-refractivity contribution is 14.0. The third-order valence-electron chi connectivity index (χ3n) is 4.40. The minimum Gasteiger partial charge on any atom is -0.453 e. The van der Waals surface area contributed by atoms with E-state index in [2.05, 4.69) is 44.7 Å². The highest BCUT2D eigenvalue weighted by Crippen LogP contribution is 2.15. The molecule has 0 fully saturated rings. The third-order valence-corrected chi connectivity index (χ3v) is 4.40. The minimum atomic E-state index is -0.485. The lowest BCUT2D eigenvalue weighted by Crippen LogP contribution is -2.38. The van der Waals surface area contributed by atoms with Crippen LogP contribution in [0.25, 0.3) is 0 Å². The van der Waals surface area contributed by atoms with Gasteiger partial charge in [-0.3, -0.25) is 5.32 Å². The number of anilines is 1. The van der Waals surface area contributed by atoms with Crippen molar-refractivity contribution in [3.8, 4) is 0 Å². The minimum absolute atomic E-state index is 0. The van der Waals surface area contributed by atoms with Crippen LogP contribution in [0.2, 0.25) is 0 Å². The van der Waals surface area contributed by atoms with Gasteiger partial charge in [0, 0.05) is 25.4 Å². The Kier molecular flexibility index (Phi) is 13.3. The molecule has 0 radical (unpaired) electrons. The summed E-state index contributed by atoms with van der Waals surface area (Å²) in [7, 11) is 1.34. The quantitative estimate of drug-likeness (QED) is 0.176. The van der Waals surface area contributed by atoms with Crippen LogP contribution in [0.5, 0.6) is 0 Å². The highest BCUT2D eigenvalue weighted by Gasteiger charge is 2.05. The number of amides is 1. The van der Waals surface area contributed by atoms with Crippen LogP contribution in [0.3, 0.4) is 0 Å². The van der Waals surface area contributed by atoms with Crippen LogP contribution in [0.4, 0.5) is 10.5 Å². The summed E-state index contributed by atoms with van der Waals surface area (Å²) in [6.07, 6.45) is 0.487. The van der Waals surface area contributed by atoms with Crippen molar-refractivity contribution < 1.29 is 14.3 Å². The number of hydrogen-bond acceptors (Lipinski definition) is 4. The van der Waals surface area contributed by atoms with Gasteiger partial charge in [0.2, 0.25) is 0 Å². The fourth-order valence-corrected chi connectivity index (χ4v) is 2.73. The molecule has 2 rings (SSSR count). The molecule has 0 saturated heterocycles. The summed E-state index contributed by atoms with van der Waals surface area (Å²) in [6, 6.07) is 17.7. The molecule has 2 aromatic rings. The van der Waals surface area contributed by atoms with Gasteiger partial charge in [-0.2, -0.15) is 0 Å². The van der Waals surface area contributed by atoms with Crippen molar-refractivity contribution in [2.45, 2.75) is 32.9 Å². The number of methoxy groups -OCH3 is 1. The Balaban J connectivity index is 0.00000480. The lowest BCUT2D eigenvalue weighted by Gasteiger charge is -2.14. The molecule has 7 nitrogen and oxygen atoms in total. The smallest absolute Gasteiger partial charge is 0.411 e. The zero-order valence-electron chi connectivity index (χ0n) is 18.4. The second-order valence-corrected chi connectivity index (χ2v) is 6.71. The largest absolute Gasteiger partial charge is 0.453 e. The molecule has 0 bridgehead atoms. The topological polar surface area (TPSA) is 84.0 Å². The lowest BCUT2D eigenvalue weighted by molar-refractivity contribution is 0.0646. The molecule has 1 amide bonds. The number of hydrogen-bond donors (Lipinski definition) is 3. The predicted octanol–water partition coefficient (Wildman–Crippen LogP) is 4.71. The van der Waals surface area contributed by atoms with E-state index >= 15 is 0 Å². The summed E-state index contributed by atoms with van der Waals surface area (Å²) in [5.74, 6) is 0.769. The maximum Gasteiger partial charge on any atom is 0.411 e. The van der Waals surface area contributed by atoms with Crippen molar-refractivity contribution in [3.63, 3.8) is 0 Å². The van der Waals surface area contributed by atoms with Gasteiger partial charge in [0.1, 0.15) is 0 Å². The number of ether oxygens (including phenoxy) is 2. The molecule has 1 unspecified atom stereocenters. The Hall–Kier alpha value is -2.33. The van der Waals surface area contributed by atoms with E-state index in [1.54, 1.807) is 0 Å². The Morgan fingerprint density at radius 1 is 1.06 bits per heavy atom. The van der Waals surface area contributed by atoms with E-state index in [4.69, 9.17) is 4.74 Å². The van der Waals surface area contributed by atoms with Gasteiger partial charge in [-0.25, -0.2) is 9.79 Å². The van der Waals surface area contributed by atoms with Crippen molar-refractivity contribution in [1.29, 1.82) is 0 Å². The van der Waals surface area contributed by atoms with Crippen LogP contribution < -0.4 is 16.0 Å². The third kappa shape index (κ3) is 10.5. The summed E-state index contributed by atoms with van der Waals surface area (Å²) < 4.78 is 10.5. The molecule has 0 saturated carbocycles. The average molecular weight is 540 g/mol. The number of guanidine groups is 1. The molecule has 0 aliphatic carbocycles. The normalized spacial score (nSPS) is 11.8. The summed E-state index contributed by atoms with van der Waals surface area (Å²) in [4.78, 5) is 15.8. The zero-order valence-corrected chi connectivity index (χ0v) is 20.7. The van der Waals surface area contributed by atoms with E-state index in [9.17, 15) is 4.79 Å². The van der Waals surface area contributed by atoms with E-state index in [0.29, 0.717) is 18.8 Å². The van der Waals surface area contributed by atoms with Crippen LogP contribution in [0, 0.1) is 0 Å². The number of carbonyl (C=O) groups excluding carboxylic acids is 1. The van der Waals surface area contributed by atoms with Gasteiger partial charge in [-0.1, -0.05) is 42.5 Å². The molecule has 0 heterocycles. The summed E-state index contributed by atoms with van der Waals surface area (Å²) in [6.45, 7) is 6.88. The molecule has 0 aromatic heterocycles. The molecular weight excluding hydrogens is 507 g/mol. The number of rotatable bonds is 10. The standard InChI is InChI=1S/C23H32N4O3.HI/c1-4-24-22(25-15-8-16-30-18(2)20-9-6-5-7-10-20)26-17-19-11-13-21(14-12-19)27-23(28)29-3;/h5-7,9-14,18H,4,8,15-17H2,1-3H3,(H,27,28)(H2,24,25,26);1H. The maximum absolute atomic E-state index is 11.2. The van der Waals surface area contributed by atoms with Crippen molar-refractivity contribution >= 4 is 41.7 Å². The first-order valence-electron chi connectivity index (χ1n) is 10.2. The molecule has 0 aliphatic heterocycles. The van der Waals surface area contributed by atoms with Crippen molar-refractivity contribution in [2.75, 3.05) is 32.1 Å². The fourth-order valence-electron chi connectivity index (χ4n) is 2.73. The van der Waals surface area contributed by atoms with Crippen LogP contribution in [-0.4, -0.2) is 38.9 Å². The second-order valence-electron chi connectivity index (χ2n) is 6.71. The number of halogens is 1. The van der Waals surface area contributed by atoms with E-state index < -0.39 is 6.09 Å². The van der Waals surface area contributed by atoms with Crippen molar-refractivity contribution in [1.82, 2.24) is 10.6 Å². The molecule has 31 heavy (non-hydrogen) atoms. The van der Waals surface area contributed by atoms with Gasteiger partial charge in [-0.05, 0) is 43.5 Å². The number of benzene rings is 2. The van der Waals surface area contributed by atoms with Gasteiger partial charge in [0.25, 0.3) is 0 Å². The van der Waals surface area contributed by atoms with Crippen molar-refractivity contribution in [2.24, 2.45) is 4.99 Å². The predicted molar refractivity (Wildman–Crippen MR) is 136 cm³/mol. The van der Waals surface area contributed by atoms with E-state index in [1.165, 1.54) is 12.7 Å². The van der Waals surface area contributed by atoms with Crippen LogP contribution >= 0.6 is 24.0 Å². The van der Waals surface area contributed by atoms with Gasteiger partial charge in [0.15, 0.2) is 5.96 Å². The molecule has 3 N–H and O–H groups in total. The Morgan fingerprint density at radius 2 is 1.77 bits per heavy atom. The first kappa shape index (κ1) is 26.7. The molecule has 8 heteroatoms. The average Bonchev–Trinajstić information content (AvgIpc) is 2.78. The fraction of sp³-hybridized carbons (Fsp3) is 0.391. The number of nitrogens with one attached hydrogen (secondary N) is 3. The van der Waals surface area contributed by atoms with Crippen LogP contribution in [0.15, 0.2) is 59.6 Å². The molecule has 2 aromatic carbocycles. The van der Waals surface area contributed by atoms with E-state index in [1.807, 2.05) is 49.4 Å². The van der Waals surface area contributed by atoms with Gasteiger partial charge in [0.05, 0.1) is 19.8 Å². The molecule has 1 atom stereocenters. The van der Waals surface area contributed by atoms with E-state index in [-0.39, 0.29) is 30.1 Å². The molecule has 0 aliphatic rings. The van der Waals surface area contributed by atoms with E-state index in [0.717, 1.165) is 31.0 Å². The lowest BCUT2D eigenvalue weighted by atomic mass is 10.1. The van der Waals surface area contributed by atoms with Gasteiger partial charge < -0.3 is 20.1 Å². The molecule has 0 spiro atoms. The van der Waals surface area contributed by atoms with Crippen LogP contribution in [0.1, 0.15) is 37.5 Å². The zero-order chi connectivity index (χ0) is 21.6. The first-order chi connectivity index (χ1) is 14.6. The number of aliphatic imine (C=N–C) groups is 1. The summed E-state index contributed by atoms with van der Waals surface area (Å²) >= 11 is 0. The van der Waals surface area contributed by atoms with Gasteiger partial charge in [-0.15, -0.1) is 24.0 Å². The second kappa shape index (κ2) is 15.5. The summed E-state index contributed by atoms with van der Waals surface area (Å²) in [5, 5.41) is 9.21. The Labute approximate surface area is 202 Å². The number of nitrogens with zero attached hydrogens (tertiary/aromatic N) is 1. The van der Waals surface area contributed by atoms with Crippen molar-refractivity contribution in [3.05, 3.63) is 65.7 Å². The molecule has 170 valence electrons. The molecular formula is C23H33IN4O3. The SMILES string of the molecule is CCNC(=NCc1ccc(NC(=O)OC)cc1)NCCCOC(C)c1ccccc1.I. The Bertz CT molecular complexity index is 785.